The Morgan fingerprint density at radius 1 is 1.50 bits per heavy atom. The third kappa shape index (κ3) is 3.77. The molecule has 2 rings (SSSR count). The zero-order valence-corrected chi connectivity index (χ0v) is 12.5. The number of hydrogen-bond acceptors (Lipinski definition) is 2. The number of nitrogens with zero attached hydrogens (tertiary/aromatic N) is 1. The molecule has 1 aliphatic carbocycles. The molecule has 1 saturated carbocycles. The fourth-order valence-electron chi connectivity index (χ4n) is 2.05. The average Bonchev–Trinajstić information content (AvgIpc) is 3.16. The molecule has 18 heavy (non-hydrogen) atoms. The maximum absolute atomic E-state index is 13.1. The van der Waals surface area contributed by atoms with Crippen molar-refractivity contribution >= 4 is 15.9 Å². The van der Waals surface area contributed by atoms with Crippen LogP contribution in [0.25, 0.3) is 0 Å². The van der Waals surface area contributed by atoms with E-state index in [0.29, 0.717) is 4.47 Å². The molecule has 1 fully saturated rings. The smallest absolute Gasteiger partial charge is 0.137 e. The van der Waals surface area contributed by atoms with Crippen LogP contribution in [0.3, 0.4) is 0 Å². The Morgan fingerprint density at radius 2 is 2.22 bits per heavy atom. The lowest BCUT2D eigenvalue weighted by Gasteiger charge is -2.19. The summed E-state index contributed by atoms with van der Waals surface area (Å²) < 4.78 is 13.7. The summed E-state index contributed by atoms with van der Waals surface area (Å²) in [5.74, 6) is -0.209. The molecule has 0 aromatic heterocycles. The maximum atomic E-state index is 13.1. The molecule has 100 valence electrons. The van der Waals surface area contributed by atoms with Gasteiger partial charge in [0.25, 0.3) is 0 Å². The van der Waals surface area contributed by atoms with E-state index in [2.05, 4.69) is 40.1 Å². The molecule has 1 atom stereocenters. The average molecular weight is 315 g/mol. The second kappa shape index (κ2) is 6.13. The van der Waals surface area contributed by atoms with Gasteiger partial charge in [0.2, 0.25) is 0 Å². The monoisotopic (exact) mass is 314 g/mol. The van der Waals surface area contributed by atoms with Crippen molar-refractivity contribution in [3.8, 4) is 0 Å². The summed E-state index contributed by atoms with van der Waals surface area (Å²) >= 11 is 3.22. The molecule has 0 amide bonds. The quantitative estimate of drug-likeness (QED) is 0.866. The van der Waals surface area contributed by atoms with Gasteiger partial charge < -0.3 is 10.2 Å². The second-order valence-corrected chi connectivity index (χ2v) is 5.92. The van der Waals surface area contributed by atoms with E-state index in [4.69, 9.17) is 0 Å². The minimum absolute atomic E-state index is 0.209. The first-order chi connectivity index (χ1) is 8.58. The molecular formula is C14H20BrFN2. The fourth-order valence-corrected chi connectivity index (χ4v) is 2.45. The molecular weight excluding hydrogens is 295 g/mol. The third-order valence-corrected chi connectivity index (χ3v) is 4.14. The molecule has 1 N–H and O–H groups in total. The van der Waals surface area contributed by atoms with E-state index in [1.54, 1.807) is 0 Å². The normalized spacial score (nSPS) is 17.2. The highest BCUT2D eigenvalue weighted by atomic mass is 79.9. The number of rotatable bonds is 6. The van der Waals surface area contributed by atoms with Crippen molar-refractivity contribution in [2.24, 2.45) is 0 Å². The van der Waals surface area contributed by atoms with Crippen LogP contribution < -0.4 is 5.32 Å². The highest BCUT2D eigenvalue weighted by Gasteiger charge is 2.25. The van der Waals surface area contributed by atoms with Gasteiger partial charge in [0, 0.05) is 25.2 Å². The number of halogens is 2. The van der Waals surface area contributed by atoms with Crippen LogP contribution in [0.5, 0.6) is 0 Å². The Kier molecular flexibility index (Phi) is 4.76. The van der Waals surface area contributed by atoms with E-state index in [0.717, 1.165) is 24.7 Å². The number of benzene rings is 1. The third-order valence-electron chi connectivity index (χ3n) is 3.53. The summed E-state index contributed by atoms with van der Waals surface area (Å²) in [4.78, 5) is 2.40. The summed E-state index contributed by atoms with van der Waals surface area (Å²) in [6.07, 6.45) is 2.69. The van der Waals surface area contributed by atoms with E-state index in [1.807, 2.05) is 12.1 Å². The largest absolute Gasteiger partial charge is 0.309 e. The molecule has 0 radical (unpaired) electrons. The minimum atomic E-state index is -0.209. The Hall–Kier alpha value is -0.450. The van der Waals surface area contributed by atoms with Gasteiger partial charge in [-0.05, 0) is 60.4 Å². The van der Waals surface area contributed by atoms with Gasteiger partial charge in [-0.1, -0.05) is 6.07 Å². The molecule has 0 bridgehead atoms. The van der Waals surface area contributed by atoms with Crippen molar-refractivity contribution in [3.05, 3.63) is 34.1 Å². The van der Waals surface area contributed by atoms with Crippen LogP contribution in [0, 0.1) is 5.82 Å². The van der Waals surface area contributed by atoms with Crippen LogP contribution in [0.15, 0.2) is 22.7 Å². The topological polar surface area (TPSA) is 15.3 Å². The van der Waals surface area contributed by atoms with Gasteiger partial charge in [0.1, 0.15) is 5.82 Å². The first-order valence-electron chi connectivity index (χ1n) is 6.46. The number of nitrogens with one attached hydrogen (secondary N) is 1. The predicted molar refractivity (Wildman–Crippen MR) is 76.2 cm³/mol. The number of hydrogen-bond donors (Lipinski definition) is 1. The fraction of sp³-hybridized carbons (Fsp3) is 0.571. The van der Waals surface area contributed by atoms with Gasteiger partial charge in [-0.3, -0.25) is 0 Å². The zero-order valence-electron chi connectivity index (χ0n) is 10.9. The van der Waals surface area contributed by atoms with Crippen LogP contribution in [0.1, 0.15) is 31.4 Å². The SMILES string of the molecule is CC(NCCN(C)C1CC1)c1ccc(F)c(Br)c1. The molecule has 0 heterocycles. The zero-order chi connectivity index (χ0) is 13.1. The molecule has 1 aromatic rings. The second-order valence-electron chi connectivity index (χ2n) is 5.06. The van der Waals surface area contributed by atoms with Crippen molar-refractivity contribution in [1.29, 1.82) is 0 Å². The van der Waals surface area contributed by atoms with E-state index < -0.39 is 0 Å². The van der Waals surface area contributed by atoms with Crippen LogP contribution in [0.2, 0.25) is 0 Å². The van der Waals surface area contributed by atoms with Crippen LogP contribution in [-0.4, -0.2) is 31.1 Å². The molecule has 0 aliphatic heterocycles. The summed E-state index contributed by atoms with van der Waals surface area (Å²) in [6, 6.07) is 6.24. The van der Waals surface area contributed by atoms with Crippen molar-refractivity contribution in [2.45, 2.75) is 31.8 Å². The summed E-state index contributed by atoms with van der Waals surface area (Å²) in [5.41, 5.74) is 1.11. The van der Waals surface area contributed by atoms with Crippen LogP contribution >= 0.6 is 15.9 Å². The molecule has 4 heteroatoms. The van der Waals surface area contributed by atoms with Gasteiger partial charge in [-0.2, -0.15) is 0 Å². The Labute approximate surface area is 117 Å². The van der Waals surface area contributed by atoms with Crippen molar-refractivity contribution in [2.75, 3.05) is 20.1 Å². The molecule has 1 aliphatic rings. The summed E-state index contributed by atoms with van der Waals surface area (Å²) in [7, 11) is 2.18. The van der Waals surface area contributed by atoms with E-state index in [9.17, 15) is 4.39 Å². The summed E-state index contributed by atoms with van der Waals surface area (Å²) in [6.45, 7) is 4.14. The van der Waals surface area contributed by atoms with E-state index in [1.165, 1.54) is 18.9 Å². The van der Waals surface area contributed by atoms with Crippen molar-refractivity contribution < 1.29 is 4.39 Å². The van der Waals surface area contributed by atoms with Gasteiger partial charge in [-0.15, -0.1) is 0 Å². The van der Waals surface area contributed by atoms with E-state index >= 15 is 0 Å². The molecule has 2 nitrogen and oxygen atoms in total. The Morgan fingerprint density at radius 3 is 2.83 bits per heavy atom. The maximum Gasteiger partial charge on any atom is 0.137 e. The molecule has 1 unspecified atom stereocenters. The van der Waals surface area contributed by atoms with Crippen LogP contribution in [-0.2, 0) is 0 Å². The van der Waals surface area contributed by atoms with Gasteiger partial charge >= 0.3 is 0 Å². The molecule has 0 saturated heterocycles. The Balaban J connectivity index is 1.79. The van der Waals surface area contributed by atoms with E-state index in [-0.39, 0.29) is 11.9 Å². The van der Waals surface area contributed by atoms with Crippen LogP contribution in [0.4, 0.5) is 4.39 Å². The number of likely N-dealkylation sites (N-methyl/N-ethyl adjacent to an activating group) is 1. The van der Waals surface area contributed by atoms with Gasteiger partial charge in [0.05, 0.1) is 4.47 Å². The highest BCUT2D eigenvalue weighted by molar-refractivity contribution is 9.10. The standard InChI is InChI=1S/C14H20BrFN2/c1-10(11-3-6-14(16)13(15)9-11)17-7-8-18(2)12-4-5-12/h3,6,9-10,12,17H,4-5,7-8H2,1-2H3. The first-order valence-corrected chi connectivity index (χ1v) is 7.26. The van der Waals surface area contributed by atoms with Gasteiger partial charge in [0.15, 0.2) is 0 Å². The highest BCUT2D eigenvalue weighted by Crippen LogP contribution is 2.25. The van der Waals surface area contributed by atoms with Crippen molar-refractivity contribution in [1.82, 2.24) is 10.2 Å². The van der Waals surface area contributed by atoms with Gasteiger partial charge in [-0.25, -0.2) is 4.39 Å². The minimum Gasteiger partial charge on any atom is -0.309 e. The lowest BCUT2D eigenvalue weighted by Crippen LogP contribution is -2.31. The summed E-state index contributed by atoms with van der Waals surface area (Å²) in [5, 5.41) is 3.47. The van der Waals surface area contributed by atoms with Crippen molar-refractivity contribution in [3.63, 3.8) is 0 Å². The predicted octanol–water partition coefficient (Wildman–Crippen LogP) is 3.33. The Bertz CT molecular complexity index is 407. The lowest BCUT2D eigenvalue weighted by atomic mass is 10.1. The lowest BCUT2D eigenvalue weighted by molar-refractivity contribution is 0.316. The molecule has 0 spiro atoms. The molecule has 1 aromatic carbocycles. The first kappa shape index (κ1) is 14.0.